The topological polar surface area (TPSA) is 99.8 Å². The zero-order valence-corrected chi connectivity index (χ0v) is 17.6. The number of nitrogens with zero attached hydrogens (tertiary/aromatic N) is 1. The van der Waals surface area contributed by atoms with E-state index >= 15 is 0 Å². The summed E-state index contributed by atoms with van der Waals surface area (Å²) >= 11 is 0. The molecule has 1 aromatic rings. The van der Waals surface area contributed by atoms with Crippen molar-refractivity contribution in [1.29, 1.82) is 0 Å². The molecule has 1 heterocycles. The van der Waals surface area contributed by atoms with E-state index in [-0.39, 0.29) is 18.0 Å². The van der Waals surface area contributed by atoms with Gasteiger partial charge in [-0.1, -0.05) is 31.4 Å². The molecule has 2 aliphatic rings. The molecule has 4 amide bonds. The number of rotatable bonds is 5. The van der Waals surface area contributed by atoms with Gasteiger partial charge in [-0.05, 0) is 43.7 Å². The van der Waals surface area contributed by atoms with E-state index in [1.807, 2.05) is 12.1 Å². The van der Waals surface area contributed by atoms with E-state index in [2.05, 4.69) is 16.0 Å². The van der Waals surface area contributed by atoms with Gasteiger partial charge in [0.15, 0.2) is 0 Å². The first kappa shape index (κ1) is 21.9. The Morgan fingerprint density at radius 1 is 1.00 bits per heavy atom. The monoisotopic (exact) mass is 416 g/mol. The maximum Gasteiger partial charge on any atom is 0.321 e. The smallest absolute Gasteiger partial charge is 0.321 e. The van der Waals surface area contributed by atoms with Crippen molar-refractivity contribution in [3.8, 4) is 5.75 Å². The standard InChI is InChI=1S/C22H32N4O4/c1-30-19-10-6-5-9-18(19)25-22(29)26-13-11-16(12-14-26)15-23-20(27)21(28)24-17-7-3-2-4-8-17/h5-6,9-10,16-17H,2-4,7-8,11-15H2,1H3,(H,23,27)(H,24,28)(H,25,29). The SMILES string of the molecule is COc1ccccc1NC(=O)N1CCC(CNC(=O)C(=O)NC2CCCCC2)CC1. The fourth-order valence-corrected chi connectivity index (χ4v) is 4.10. The molecular weight excluding hydrogens is 384 g/mol. The first-order valence-electron chi connectivity index (χ1n) is 10.8. The Bertz CT molecular complexity index is 740. The van der Waals surface area contributed by atoms with Crippen LogP contribution in [0.15, 0.2) is 24.3 Å². The number of anilines is 1. The quantitative estimate of drug-likeness (QED) is 0.642. The Morgan fingerprint density at radius 3 is 2.40 bits per heavy atom. The number of amides is 4. The number of likely N-dealkylation sites (tertiary alicyclic amines) is 1. The van der Waals surface area contributed by atoms with Crippen LogP contribution in [0.25, 0.3) is 0 Å². The van der Waals surface area contributed by atoms with Crippen LogP contribution < -0.4 is 20.7 Å². The van der Waals surface area contributed by atoms with Crippen molar-refractivity contribution in [1.82, 2.24) is 15.5 Å². The second kappa shape index (κ2) is 10.8. The number of carbonyl (C=O) groups excluding carboxylic acids is 3. The molecule has 0 spiro atoms. The fraction of sp³-hybridized carbons (Fsp3) is 0.591. The maximum absolute atomic E-state index is 12.5. The van der Waals surface area contributed by atoms with Gasteiger partial charge in [0, 0.05) is 25.7 Å². The number of nitrogens with one attached hydrogen (secondary N) is 3. The molecular formula is C22H32N4O4. The summed E-state index contributed by atoms with van der Waals surface area (Å²) in [5.74, 6) is -0.214. The lowest BCUT2D eigenvalue weighted by Crippen LogP contribution is -2.47. The number of benzene rings is 1. The summed E-state index contributed by atoms with van der Waals surface area (Å²) in [5.41, 5.74) is 0.642. The van der Waals surface area contributed by atoms with Crippen LogP contribution in [0.2, 0.25) is 0 Å². The molecule has 0 unspecified atom stereocenters. The number of ether oxygens (including phenoxy) is 1. The van der Waals surface area contributed by atoms with E-state index in [1.54, 1.807) is 24.1 Å². The zero-order valence-electron chi connectivity index (χ0n) is 17.6. The minimum absolute atomic E-state index is 0.127. The number of methoxy groups -OCH3 is 1. The first-order chi connectivity index (χ1) is 14.6. The number of urea groups is 1. The number of carbonyl (C=O) groups is 3. The van der Waals surface area contributed by atoms with E-state index in [1.165, 1.54) is 6.42 Å². The number of piperidine rings is 1. The van der Waals surface area contributed by atoms with Crippen molar-refractivity contribution in [2.24, 2.45) is 5.92 Å². The molecule has 8 heteroatoms. The lowest BCUT2D eigenvalue weighted by molar-refractivity contribution is -0.139. The molecule has 0 atom stereocenters. The third-order valence-corrected chi connectivity index (χ3v) is 5.95. The molecule has 8 nitrogen and oxygen atoms in total. The van der Waals surface area contributed by atoms with E-state index in [0.29, 0.717) is 31.1 Å². The second-order valence-electron chi connectivity index (χ2n) is 8.08. The molecule has 30 heavy (non-hydrogen) atoms. The van der Waals surface area contributed by atoms with Gasteiger partial charge >= 0.3 is 17.8 Å². The number of hydrogen-bond acceptors (Lipinski definition) is 4. The highest BCUT2D eigenvalue weighted by molar-refractivity contribution is 6.35. The highest BCUT2D eigenvalue weighted by atomic mass is 16.5. The van der Waals surface area contributed by atoms with Crippen LogP contribution in [-0.2, 0) is 9.59 Å². The Hall–Kier alpha value is -2.77. The summed E-state index contributed by atoms with van der Waals surface area (Å²) in [5, 5.41) is 8.48. The van der Waals surface area contributed by atoms with E-state index < -0.39 is 11.8 Å². The van der Waals surface area contributed by atoms with Gasteiger partial charge in [0.25, 0.3) is 0 Å². The van der Waals surface area contributed by atoms with Gasteiger partial charge in [-0.25, -0.2) is 4.79 Å². The van der Waals surface area contributed by atoms with Crippen molar-refractivity contribution in [3.05, 3.63) is 24.3 Å². The van der Waals surface area contributed by atoms with Crippen LogP contribution in [0.3, 0.4) is 0 Å². The molecule has 1 saturated heterocycles. The van der Waals surface area contributed by atoms with Gasteiger partial charge < -0.3 is 25.6 Å². The Morgan fingerprint density at radius 2 is 1.70 bits per heavy atom. The van der Waals surface area contributed by atoms with Gasteiger partial charge in [0.2, 0.25) is 0 Å². The third kappa shape index (κ3) is 6.11. The minimum Gasteiger partial charge on any atom is -0.495 e. The zero-order chi connectivity index (χ0) is 21.3. The van der Waals surface area contributed by atoms with Crippen LogP contribution in [-0.4, -0.2) is 55.5 Å². The van der Waals surface area contributed by atoms with Gasteiger partial charge in [0.1, 0.15) is 5.75 Å². The molecule has 2 fully saturated rings. The lowest BCUT2D eigenvalue weighted by Gasteiger charge is -2.32. The summed E-state index contributed by atoms with van der Waals surface area (Å²) in [6.45, 7) is 1.67. The van der Waals surface area contributed by atoms with Gasteiger partial charge in [-0.15, -0.1) is 0 Å². The highest BCUT2D eigenvalue weighted by Gasteiger charge is 2.25. The summed E-state index contributed by atoms with van der Waals surface area (Å²) in [6, 6.07) is 7.27. The van der Waals surface area contributed by atoms with Gasteiger partial charge in [-0.3, -0.25) is 9.59 Å². The second-order valence-corrected chi connectivity index (χ2v) is 8.08. The van der Waals surface area contributed by atoms with Crippen LogP contribution in [0.1, 0.15) is 44.9 Å². The summed E-state index contributed by atoms with van der Waals surface area (Å²) in [6.07, 6.45) is 6.89. The predicted octanol–water partition coefficient (Wildman–Crippen LogP) is 2.50. The Kier molecular flexibility index (Phi) is 7.93. The predicted molar refractivity (Wildman–Crippen MR) is 114 cm³/mol. The molecule has 1 aromatic carbocycles. The minimum atomic E-state index is -0.558. The summed E-state index contributed by atoms with van der Waals surface area (Å²) < 4.78 is 5.27. The van der Waals surface area contributed by atoms with Crippen LogP contribution in [0.4, 0.5) is 10.5 Å². The normalized spacial score (nSPS) is 17.8. The molecule has 3 rings (SSSR count). The fourth-order valence-electron chi connectivity index (χ4n) is 4.10. The third-order valence-electron chi connectivity index (χ3n) is 5.95. The van der Waals surface area contributed by atoms with Crippen molar-refractivity contribution in [3.63, 3.8) is 0 Å². The number of hydrogen-bond donors (Lipinski definition) is 3. The van der Waals surface area contributed by atoms with Crippen LogP contribution >= 0.6 is 0 Å². The summed E-state index contributed by atoms with van der Waals surface area (Å²) in [4.78, 5) is 38.4. The molecule has 0 bridgehead atoms. The molecule has 1 saturated carbocycles. The van der Waals surface area contributed by atoms with E-state index in [0.717, 1.165) is 38.5 Å². The average Bonchev–Trinajstić information content (AvgIpc) is 2.78. The van der Waals surface area contributed by atoms with Gasteiger partial charge in [0.05, 0.1) is 12.8 Å². The Labute approximate surface area is 177 Å². The maximum atomic E-state index is 12.5. The molecule has 1 aliphatic heterocycles. The molecule has 0 aromatic heterocycles. The van der Waals surface area contributed by atoms with Crippen molar-refractivity contribution < 1.29 is 19.1 Å². The molecule has 164 valence electrons. The first-order valence-corrected chi connectivity index (χ1v) is 10.8. The lowest BCUT2D eigenvalue weighted by atomic mass is 9.95. The van der Waals surface area contributed by atoms with Gasteiger partial charge in [-0.2, -0.15) is 0 Å². The van der Waals surface area contributed by atoms with Crippen molar-refractivity contribution in [2.75, 3.05) is 32.1 Å². The largest absolute Gasteiger partial charge is 0.495 e. The summed E-state index contributed by atoms with van der Waals surface area (Å²) in [7, 11) is 1.57. The van der Waals surface area contributed by atoms with E-state index in [9.17, 15) is 14.4 Å². The van der Waals surface area contributed by atoms with Crippen molar-refractivity contribution >= 4 is 23.5 Å². The average molecular weight is 417 g/mol. The van der Waals surface area contributed by atoms with E-state index in [4.69, 9.17) is 4.74 Å². The Balaban J connectivity index is 1.37. The number of para-hydroxylation sites is 2. The highest BCUT2D eigenvalue weighted by Crippen LogP contribution is 2.24. The van der Waals surface area contributed by atoms with Crippen molar-refractivity contribution in [2.45, 2.75) is 51.0 Å². The van der Waals surface area contributed by atoms with Crippen LogP contribution in [0, 0.1) is 5.92 Å². The van der Waals surface area contributed by atoms with Crippen LogP contribution in [0.5, 0.6) is 5.75 Å². The molecule has 3 N–H and O–H groups in total. The molecule has 0 radical (unpaired) electrons. The molecule has 1 aliphatic carbocycles.